The molecule has 4 aromatic heterocycles. The largest absolute Gasteiger partial charge is 0.422 e. The number of anilines is 1. The Hall–Kier alpha value is -5.18. The van der Waals surface area contributed by atoms with Crippen LogP contribution in [0.25, 0.3) is 39.4 Å². The van der Waals surface area contributed by atoms with Gasteiger partial charge in [-0.1, -0.05) is 36.4 Å². The molecule has 4 heterocycles. The maximum absolute atomic E-state index is 12.9. The maximum Gasteiger partial charge on any atom is 0.349 e. The van der Waals surface area contributed by atoms with Crippen LogP contribution in [0.4, 0.5) is 5.69 Å². The van der Waals surface area contributed by atoms with Crippen molar-refractivity contribution in [2.24, 2.45) is 0 Å². The van der Waals surface area contributed by atoms with Crippen LogP contribution in [0.5, 0.6) is 0 Å². The van der Waals surface area contributed by atoms with Crippen LogP contribution in [-0.4, -0.2) is 30.7 Å². The van der Waals surface area contributed by atoms with E-state index in [1.165, 1.54) is 6.07 Å². The number of para-hydroxylation sites is 1. The van der Waals surface area contributed by atoms with Gasteiger partial charge in [0, 0.05) is 22.8 Å². The Bertz CT molecular complexity index is 1780. The fraction of sp³-hybridized carbons (Fsp3) is 0. The van der Waals surface area contributed by atoms with Crippen LogP contribution in [0.15, 0.2) is 100 Å². The van der Waals surface area contributed by atoms with Gasteiger partial charge in [0.05, 0.1) is 5.69 Å². The lowest BCUT2D eigenvalue weighted by Gasteiger charge is -2.08. The molecule has 0 spiro atoms. The molecule has 0 aliphatic heterocycles. The predicted molar refractivity (Wildman–Crippen MR) is 130 cm³/mol. The number of pyridine rings is 1. The van der Waals surface area contributed by atoms with E-state index in [1.54, 1.807) is 47.1 Å². The van der Waals surface area contributed by atoms with E-state index in [0.29, 0.717) is 39.5 Å². The van der Waals surface area contributed by atoms with Crippen molar-refractivity contribution in [1.82, 2.24) is 24.8 Å². The van der Waals surface area contributed by atoms with Crippen LogP contribution in [0.1, 0.15) is 10.4 Å². The number of amides is 1. The van der Waals surface area contributed by atoms with Crippen molar-refractivity contribution in [3.63, 3.8) is 0 Å². The molecule has 1 N–H and O–H groups in total. The minimum atomic E-state index is -0.695. The Balaban J connectivity index is 1.33. The van der Waals surface area contributed by atoms with Gasteiger partial charge in [-0.2, -0.15) is 9.61 Å². The molecule has 0 bridgehead atoms. The Morgan fingerprint density at radius 1 is 0.857 bits per heavy atom. The first-order valence-corrected chi connectivity index (χ1v) is 10.7. The summed E-state index contributed by atoms with van der Waals surface area (Å²) < 4.78 is 6.91. The summed E-state index contributed by atoms with van der Waals surface area (Å²) >= 11 is 0. The minimum Gasteiger partial charge on any atom is -0.422 e. The van der Waals surface area contributed by atoms with Gasteiger partial charge in [0.25, 0.3) is 5.91 Å². The second-order valence-electron chi connectivity index (χ2n) is 7.75. The summed E-state index contributed by atoms with van der Waals surface area (Å²) in [4.78, 5) is 29.5. The molecule has 6 rings (SSSR count). The number of hydrogen-bond donors (Lipinski definition) is 1. The molecule has 0 fully saturated rings. The number of carbonyl (C=O) groups is 1. The van der Waals surface area contributed by atoms with Crippen molar-refractivity contribution in [2.45, 2.75) is 0 Å². The smallest absolute Gasteiger partial charge is 0.349 e. The van der Waals surface area contributed by atoms with E-state index in [4.69, 9.17) is 4.42 Å². The summed E-state index contributed by atoms with van der Waals surface area (Å²) in [5.41, 5.74) is 2.82. The van der Waals surface area contributed by atoms with Crippen LogP contribution in [0.3, 0.4) is 0 Å². The first-order valence-electron chi connectivity index (χ1n) is 10.7. The van der Waals surface area contributed by atoms with Crippen LogP contribution < -0.4 is 10.9 Å². The summed E-state index contributed by atoms with van der Waals surface area (Å²) in [6.07, 6.45) is 1.68. The van der Waals surface area contributed by atoms with Crippen LogP contribution in [0.2, 0.25) is 0 Å². The van der Waals surface area contributed by atoms with Gasteiger partial charge in [-0.05, 0) is 48.5 Å². The Labute approximate surface area is 197 Å². The normalized spacial score (nSPS) is 11.1. The van der Waals surface area contributed by atoms with Crippen molar-refractivity contribution in [1.29, 1.82) is 0 Å². The number of fused-ring (bicyclic) bond motifs is 2. The Kier molecular flexibility index (Phi) is 4.85. The first-order chi connectivity index (χ1) is 17.2. The van der Waals surface area contributed by atoms with Gasteiger partial charge in [0.1, 0.15) is 16.8 Å². The molecule has 0 saturated heterocycles. The molecule has 1 amide bonds. The van der Waals surface area contributed by atoms with Gasteiger partial charge in [0.15, 0.2) is 5.65 Å². The molecule has 0 aliphatic rings. The second kappa shape index (κ2) is 8.31. The fourth-order valence-electron chi connectivity index (χ4n) is 3.77. The van der Waals surface area contributed by atoms with Crippen LogP contribution in [0, 0.1) is 0 Å². The molecule has 0 saturated carbocycles. The minimum absolute atomic E-state index is 0.0712. The van der Waals surface area contributed by atoms with E-state index in [1.807, 2.05) is 42.5 Å². The van der Waals surface area contributed by atoms with Crippen molar-refractivity contribution < 1.29 is 9.21 Å². The van der Waals surface area contributed by atoms with Gasteiger partial charge in [-0.25, -0.2) is 4.79 Å². The standard InChI is InChI=1S/C26H16N6O3/c33-25(19-15-17-6-1-2-10-22(17)35-26(19)34)28-18-8-5-7-16(14-18)20-11-12-23-29-30-24(32(23)31-20)21-9-3-4-13-27-21/h1-15H,(H,28,33). The van der Waals surface area contributed by atoms with E-state index in [2.05, 4.69) is 25.6 Å². The Morgan fingerprint density at radius 2 is 1.74 bits per heavy atom. The van der Waals surface area contributed by atoms with Gasteiger partial charge in [-0.3, -0.25) is 9.78 Å². The first kappa shape index (κ1) is 20.4. The van der Waals surface area contributed by atoms with E-state index in [-0.39, 0.29) is 5.56 Å². The van der Waals surface area contributed by atoms with Crippen molar-refractivity contribution in [2.75, 3.05) is 5.32 Å². The molecular formula is C26H16N6O3. The third-order valence-electron chi connectivity index (χ3n) is 5.46. The summed E-state index contributed by atoms with van der Waals surface area (Å²) in [7, 11) is 0. The van der Waals surface area contributed by atoms with E-state index in [9.17, 15) is 9.59 Å². The lowest BCUT2D eigenvalue weighted by atomic mass is 10.1. The van der Waals surface area contributed by atoms with Crippen molar-refractivity contribution in [3.05, 3.63) is 107 Å². The molecule has 9 heteroatoms. The average Bonchev–Trinajstić information content (AvgIpc) is 3.32. The number of hydrogen-bond acceptors (Lipinski definition) is 7. The highest BCUT2D eigenvalue weighted by molar-refractivity contribution is 6.05. The fourth-order valence-corrected chi connectivity index (χ4v) is 3.77. The molecule has 0 radical (unpaired) electrons. The highest BCUT2D eigenvalue weighted by Crippen LogP contribution is 2.23. The maximum atomic E-state index is 12.9. The molecular weight excluding hydrogens is 444 g/mol. The lowest BCUT2D eigenvalue weighted by Crippen LogP contribution is -2.20. The zero-order valence-corrected chi connectivity index (χ0v) is 18.1. The molecule has 0 atom stereocenters. The zero-order chi connectivity index (χ0) is 23.8. The Morgan fingerprint density at radius 3 is 2.63 bits per heavy atom. The third-order valence-corrected chi connectivity index (χ3v) is 5.46. The highest BCUT2D eigenvalue weighted by Gasteiger charge is 2.15. The number of rotatable bonds is 4. The van der Waals surface area contributed by atoms with Gasteiger partial charge >= 0.3 is 5.63 Å². The summed E-state index contributed by atoms with van der Waals surface area (Å²) in [5.74, 6) is -0.0313. The van der Waals surface area contributed by atoms with Crippen LogP contribution in [-0.2, 0) is 0 Å². The molecule has 6 aromatic rings. The number of nitrogens with one attached hydrogen (secondary N) is 1. The van der Waals surface area contributed by atoms with E-state index >= 15 is 0 Å². The zero-order valence-electron chi connectivity index (χ0n) is 18.1. The van der Waals surface area contributed by atoms with Gasteiger partial charge in [-0.15, -0.1) is 10.2 Å². The lowest BCUT2D eigenvalue weighted by molar-refractivity contribution is 0.102. The van der Waals surface area contributed by atoms with Gasteiger partial charge < -0.3 is 9.73 Å². The topological polar surface area (TPSA) is 115 Å². The average molecular weight is 460 g/mol. The summed E-state index contributed by atoms with van der Waals surface area (Å²) in [5, 5.41) is 16.5. The SMILES string of the molecule is O=C(Nc1cccc(-c2ccc3nnc(-c4ccccn4)n3n2)c1)c1cc2ccccc2oc1=O. The quantitative estimate of drug-likeness (QED) is 0.392. The predicted octanol–water partition coefficient (Wildman–Crippen LogP) is 4.21. The number of aromatic nitrogens is 5. The van der Waals surface area contributed by atoms with Crippen LogP contribution >= 0.6 is 0 Å². The molecule has 0 aliphatic carbocycles. The van der Waals surface area contributed by atoms with Gasteiger partial charge in [0.2, 0.25) is 5.82 Å². The van der Waals surface area contributed by atoms with Crippen molar-refractivity contribution >= 4 is 28.2 Å². The van der Waals surface area contributed by atoms with E-state index in [0.717, 1.165) is 5.56 Å². The highest BCUT2D eigenvalue weighted by atomic mass is 16.4. The van der Waals surface area contributed by atoms with E-state index < -0.39 is 11.5 Å². The molecule has 168 valence electrons. The number of carbonyl (C=O) groups excluding carboxylic acids is 1. The third kappa shape index (κ3) is 3.80. The molecule has 2 aromatic carbocycles. The molecule has 0 unspecified atom stereocenters. The number of benzene rings is 2. The summed E-state index contributed by atoms with van der Waals surface area (Å²) in [6.45, 7) is 0. The number of nitrogens with zero attached hydrogens (tertiary/aromatic N) is 5. The van der Waals surface area contributed by atoms with Crippen molar-refractivity contribution in [3.8, 4) is 22.8 Å². The molecule has 35 heavy (non-hydrogen) atoms. The molecule has 9 nitrogen and oxygen atoms in total. The monoisotopic (exact) mass is 460 g/mol. The second-order valence-corrected chi connectivity index (χ2v) is 7.75. The summed E-state index contributed by atoms with van der Waals surface area (Å²) in [6, 6.07) is 24.9.